The number of carbonyl (C=O) groups is 1. The average molecular weight is 282 g/mol. The van der Waals surface area contributed by atoms with E-state index < -0.39 is 0 Å². The lowest BCUT2D eigenvalue weighted by Crippen LogP contribution is -2.15. The summed E-state index contributed by atoms with van der Waals surface area (Å²) in [6.45, 7) is 10.2. The van der Waals surface area contributed by atoms with Crippen LogP contribution in [0.2, 0.25) is 0 Å². The van der Waals surface area contributed by atoms with Crippen LogP contribution < -0.4 is 11.1 Å². The topological polar surface area (TPSA) is 55.1 Å². The van der Waals surface area contributed by atoms with Crippen LogP contribution in [0, 0.1) is 34.6 Å². The molecule has 2 rings (SSSR count). The molecule has 0 unspecified atom stereocenters. The fourth-order valence-corrected chi connectivity index (χ4v) is 2.40. The molecule has 0 saturated carbocycles. The van der Waals surface area contributed by atoms with Crippen molar-refractivity contribution in [3.8, 4) is 0 Å². The first kappa shape index (κ1) is 15.1. The molecule has 0 atom stereocenters. The second kappa shape index (κ2) is 5.60. The van der Waals surface area contributed by atoms with Crippen molar-refractivity contribution in [3.63, 3.8) is 0 Å². The van der Waals surface area contributed by atoms with Crippen LogP contribution in [0.3, 0.4) is 0 Å². The molecule has 3 nitrogen and oxygen atoms in total. The quantitative estimate of drug-likeness (QED) is 0.816. The summed E-state index contributed by atoms with van der Waals surface area (Å²) < 4.78 is 0. The molecule has 2 aromatic rings. The maximum absolute atomic E-state index is 12.5. The predicted octanol–water partition coefficient (Wildman–Crippen LogP) is 4.06. The maximum atomic E-state index is 12.5. The van der Waals surface area contributed by atoms with Crippen molar-refractivity contribution in [2.24, 2.45) is 0 Å². The lowest BCUT2D eigenvalue weighted by molar-refractivity contribution is 0.102. The van der Waals surface area contributed by atoms with E-state index in [1.807, 2.05) is 32.0 Å². The van der Waals surface area contributed by atoms with Gasteiger partial charge in [-0.25, -0.2) is 0 Å². The fourth-order valence-electron chi connectivity index (χ4n) is 2.40. The Morgan fingerprint density at radius 2 is 1.62 bits per heavy atom. The van der Waals surface area contributed by atoms with Gasteiger partial charge in [0, 0.05) is 11.4 Å². The summed E-state index contributed by atoms with van der Waals surface area (Å²) in [7, 11) is 0. The highest BCUT2D eigenvalue weighted by Gasteiger charge is 2.13. The minimum atomic E-state index is -0.165. The van der Waals surface area contributed by atoms with Crippen molar-refractivity contribution in [2.75, 3.05) is 11.1 Å². The predicted molar refractivity (Wildman–Crippen MR) is 88.9 cm³/mol. The molecule has 0 saturated heterocycles. The van der Waals surface area contributed by atoms with Gasteiger partial charge in [-0.05, 0) is 75.1 Å². The summed E-state index contributed by atoms with van der Waals surface area (Å²) in [6, 6.07) is 7.50. The Kier molecular flexibility index (Phi) is 4.03. The Balaban J connectivity index is 2.39. The van der Waals surface area contributed by atoms with Crippen LogP contribution >= 0.6 is 0 Å². The molecular formula is C18H22N2O. The summed E-state index contributed by atoms with van der Waals surface area (Å²) in [4.78, 5) is 12.5. The van der Waals surface area contributed by atoms with E-state index in [2.05, 4.69) is 26.1 Å². The summed E-state index contributed by atoms with van der Waals surface area (Å²) >= 11 is 0. The third kappa shape index (κ3) is 2.92. The third-order valence-electron chi connectivity index (χ3n) is 4.18. The van der Waals surface area contributed by atoms with Crippen molar-refractivity contribution in [1.29, 1.82) is 0 Å². The van der Waals surface area contributed by atoms with Gasteiger partial charge < -0.3 is 11.1 Å². The molecule has 2 aromatic carbocycles. The Morgan fingerprint density at radius 3 is 2.29 bits per heavy atom. The van der Waals surface area contributed by atoms with Gasteiger partial charge in [0.2, 0.25) is 0 Å². The van der Waals surface area contributed by atoms with Crippen LogP contribution in [0.1, 0.15) is 38.2 Å². The number of nitrogens with two attached hydrogens (primary N) is 1. The fraction of sp³-hybridized carbons (Fsp3) is 0.278. The molecule has 0 spiro atoms. The molecule has 0 aliphatic carbocycles. The highest BCUT2D eigenvalue weighted by molar-refractivity contribution is 6.08. The van der Waals surface area contributed by atoms with Gasteiger partial charge in [-0.15, -0.1) is 0 Å². The van der Waals surface area contributed by atoms with Gasteiger partial charge in [-0.2, -0.15) is 0 Å². The minimum Gasteiger partial charge on any atom is -0.398 e. The highest BCUT2D eigenvalue weighted by atomic mass is 16.1. The molecule has 0 radical (unpaired) electrons. The second-order valence-corrected chi connectivity index (χ2v) is 5.66. The first-order valence-electron chi connectivity index (χ1n) is 7.06. The number of nitrogens with one attached hydrogen (secondary N) is 1. The molecule has 3 N–H and O–H groups in total. The van der Waals surface area contributed by atoms with Gasteiger partial charge in [-0.1, -0.05) is 11.6 Å². The number of carbonyl (C=O) groups excluding carboxylic acids is 1. The van der Waals surface area contributed by atoms with E-state index in [1.165, 1.54) is 16.7 Å². The molecule has 21 heavy (non-hydrogen) atoms. The number of nitrogen functional groups attached to an aromatic ring is 1. The van der Waals surface area contributed by atoms with Gasteiger partial charge in [-0.3, -0.25) is 4.79 Å². The Labute approximate surface area is 126 Å². The summed E-state index contributed by atoms with van der Waals surface area (Å²) in [5.41, 5.74) is 13.5. The molecule has 0 heterocycles. The van der Waals surface area contributed by atoms with Crippen molar-refractivity contribution >= 4 is 17.3 Å². The number of anilines is 2. The average Bonchev–Trinajstić information content (AvgIpc) is 2.45. The molecule has 1 amide bonds. The van der Waals surface area contributed by atoms with E-state index in [0.717, 1.165) is 16.8 Å². The monoisotopic (exact) mass is 282 g/mol. The SMILES string of the molecule is Cc1ccc(N)c(C(=O)Nc2cc(C)c(C)c(C)c2C)c1. The number of benzene rings is 2. The van der Waals surface area contributed by atoms with Crippen LogP contribution in [0.25, 0.3) is 0 Å². The number of amides is 1. The molecule has 0 fully saturated rings. The Hall–Kier alpha value is -2.29. The standard InChI is InChI=1S/C18H22N2O/c1-10-6-7-16(19)15(8-10)18(21)20-17-9-11(2)12(3)13(4)14(17)5/h6-9H,19H2,1-5H3,(H,20,21). The highest BCUT2D eigenvalue weighted by Crippen LogP contribution is 2.26. The molecule has 3 heteroatoms. The zero-order chi connectivity index (χ0) is 15.7. The van der Waals surface area contributed by atoms with E-state index >= 15 is 0 Å². The molecular weight excluding hydrogens is 260 g/mol. The minimum absolute atomic E-state index is 0.165. The lowest BCUT2D eigenvalue weighted by atomic mass is 9.97. The number of aryl methyl sites for hydroxylation is 2. The smallest absolute Gasteiger partial charge is 0.257 e. The van der Waals surface area contributed by atoms with Gasteiger partial charge in [0.1, 0.15) is 0 Å². The van der Waals surface area contributed by atoms with E-state index in [0.29, 0.717) is 11.3 Å². The van der Waals surface area contributed by atoms with Crippen molar-refractivity contribution in [2.45, 2.75) is 34.6 Å². The Morgan fingerprint density at radius 1 is 0.952 bits per heavy atom. The molecule has 0 aliphatic rings. The van der Waals surface area contributed by atoms with E-state index in [-0.39, 0.29) is 5.91 Å². The van der Waals surface area contributed by atoms with Gasteiger partial charge in [0.15, 0.2) is 0 Å². The van der Waals surface area contributed by atoms with Crippen LogP contribution in [0.4, 0.5) is 11.4 Å². The Bertz CT molecular complexity index is 718. The number of hydrogen-bond acceptors (Lipinski definition) is 2. The first-order chi connectivity index (χ1) is 9.81. The van der Waals surface area contributed by atoms with E-state index in [9.17, 15) is 4.79 Å². The normalized spacial score (nSPS) is 10.5. The number of hydrogen-bond donors (Lipinski definition) is 2. The van der Waals surface area contributed by atoms with Gasteiger partial charge in [0.05, 0.1) is 5.56 Å². The molecule has 0 aliphatic heterocycles. The number of rotatable bonds is 2. The van der Waals surface area contributed by atoms with Crippen LogP contribution in [-0.2, 0) is 0 Å². The molecule has 0 bridgehead atoms. The van der Waals surface area contributed by atoms with Crippen molar-refractivity contribution in [1.82, 2.24) is 0 Å². The second-order valence-electron chi connectivity index (χ2n) is 5.66. The van der Waals surface area contributed by atoms with Crippen molar-refractivity contribution < 1.29 is 4.79 Å². The van der Waals surface area contributed by atoms with Crippen molar-refractivity contribution in [3.05, 3.63) is 57.6 Å². The largest absolute Gasteiger partial charge is 0.398 e. The van der Waals surface area contributed by atoms with Gasteiger partial charge >= 0.3 is 0 Å². The van der Waals surface area contributed by atoms with Crippen LogP contribution in [-0.4, -0.2) is 5.91 Å². The first-order valence-corrected chi connectivity index (χ1v) is 7.06. The van der Waals surface area contributed by atoms with Crippen LogP contribution in [0.15, 0.2) is 24.3 Å². The third-order valence-corrected chi connectivity index (χ3v) is 4.18. The summed E-state index contributed by atoms with van der Waals surface area (Å²) in [5, 5.41) is 2.98. The zero-order valence-electron chi connectivity index (χ0n) is 13.3. The van der Waals surface area contributed by atoms with E-state index in [4.69, 9.17) is 5.73 Å². The lowest BCUT2D eigenvalue weighted by Gasteiger charge is -2.16. The summed E-state index contributed by atoms with van der Waals surface area (Å²) in [6.07, 6.45) is 0. The maximum Gasteiger partial charge on any atom is 0.257 e. The van der Waals surface area contributed by atoms with Gasteiger partial charge in [0.25, 0.3) is 5.91 Å². The van der Waals surface area contributed by atoms with Crippen LogP contribution in [0.5, 0.6) is 0 Å². The summed E-state index contributed by atoms with van der Waals surface area (Å²) in [5.74, 6) is -0.165. The molecule has 0 aromatic heterocycles. The molecule has 110 valence electrons. The van der Waals surface area contributed by atoms with E-state index in [1.54, 1.807) is 6.07 Å². The zero-order valence-corrected chi connectivity index (χ0v) is 13.3.